The zero-order chi connectivity index (χ0) is 26.3. The van der Waals surface area contributed by atoms with Crippen molar-refractivity contribution in [2.75, 3.05) is 10.2 Å². The van der Waals surface area contributed by atoms with E-state index in [1.165, 1.54) is 40.7 Å². The number of hydrogen-bond acceptors (Lipinski definition) is 3. The second-order valence-electron chi connectivity index (χ2n) is 9.68. The van der Waals surface area contributed by atoms with Crippen molar-refractivity contribution in [2.24, 2.45) is 0 Å². The van der Waals surface area contributed by atoms with Crippen molar-refractivity contribution in [1.82, 2.24) is 14.9 Å². The lowest BCUT2D eigenvalue weighted by molar-refractivity contribution is -0.114. The monoisotopic (exact) mass is 509 g/mol. The summed E-state index contributed by atoms with van der Waals surface area (Å²) in [4.78, 5) is 18.4. The van der Waals surface area contributed by atoms with Crippen molar-refractivity contribution in [3.05, 3.63) is 107 Å². The summed E-state index contributed by atoms with van der Waals surface area (Å²) in [6.45, 7) is 10.1. The number of nitrogens with zero attached hydrogens (tertiary/aromatic N) is 3. The second kappa shape index (κ2) is 9.82. The van der Waals surface area contributed by atoms with Crippen LogP contribution in [0.5, 0.6) is 0 Å². The number of thiocarbonyl (C=S) groups is 1. The lowest BCUT2D eigenvalue weighted by Crippen LogP contribution is -2.29. The van der Waals surface area contributed by atoms with Crippen LogP contribution in [0.15, 0.2) is 72.9 Å². The molecule has 1 aliphatic rings. The second-order valence-corrected chi connectivity index (χ2v) is 10.1. The quantitative estimate of drug-likeness (QED) is 0.312. The van der Waals surface area contributed by atoms with E-state index in [1.54, 1.807) is 0 Å². The first kappa shape index (κ1) is 24.7. The smallest absolute Gasteiger partial charge is 0.221 e. The van der Waals surface area contributed by atoms with E-state index in [0.717, 1.165) is 17.1 Å². The Morgan fingerprint density at radius 1 is 1.00 bits per heavy atom. The van der Waals surface area contributed by atoms with Crippen LogP contribution in [-0.2, 0) is 4.79 Å². The SMILES string of the molecule is CC(=O)Nc1ccc(N2C(=S)N[C@H](c3ccccn3)[C@@H]2c2cc(C)n(-c3cc(C)ccc3C)c2C)cc1. The molecule has 0 bridgehead atoms. The van der Waals surface area contributed by atoms with Crippen LogP contribution < -0.4 is 15.5 Å². The number of rotatable bonds is 5. The molecule has 6 nitrogen and oxygen atoms in total. The zero-order valence-corrected chi connectivity index (χ0v) is 22.6. The molecule has 2 atom stereocenters. The number of pyridine rings is 1. The molecule has 188 valence electrons. The van der Waals surface area contributed by atoms with Gasteiger partial charge in [-0.25, -0.2) is 0 Å². The molecule has 0 unspecified atom stereocenters. The van der Waals surface area contributed by atoms with Gasteiger partial charge in [-0.15, -0.1) is 0 Å². The normalized spacial score (nSPS) is 17.1. The number of benzene rings is 2. The number of aryl methyl sites for hydroxylation is 3. The molecule has 5 rings (SSSR count). The molecule has 2 aromatic heterocycles. The Balaban J connectivity index is 1.65. The van der Waals surface area contributed by atoms with E-state index >= 15 is 0 Å². The minimum Gasteiger partial charge on any atom is -0.351 e. The minimum atomic E-state index is -0.128. The largest absolute Gasteiger partial charge is 0.351 e. The Kier molecular flexibility index (Phi) is 6.56. The average molecular weight is 510 g/mol. The molecular formula is C30H31N5OS. The van der Waals surface area contributed by atoms with Crippen LogP contribution in [-0.4, -0.2) is 20.6 Å². The minimum absolute atomic E-state index is 0.0990. The summed E-state index contributed by atoms with van der Waals surface area (Å²) < 4.78 is 2.34. The van der Waals surface area contributed by atoms with E-state index in [9.17, 15) is 4.79 Å². The van der Waals surface area contributed by atoms with Crippen molar-refractivity contribution in [3.63, 3.8) is 0 Å². The Morgan fingerprint density at radius 2 is 1.76 bits per heavy atom. The van der Waals surface area contributed by atoms with Crippen molar-refractivity contribution < 1.29 is 4.79 Å². The third kappa shape index (κ3) is 4.62. The number of carbonyl (C=O) groups excluding carboxylic acids is 1. The highest BCUT2D eigenvalue weighted by molar-refractivity contribution is 7.80. The lowest BCUT2D eigenvalue weighted by Gasteiger charge is -2.28. The molecule has 3 heterocycles. The molecule has 0 radical (unpaired) electrons. The molecule has 0 saturated carbocycles. The first-order chi connectivity index (χ1) is 17.7. The molecule has 7 heteroatoms. The van der Waals surface area contributed by atoms with Crippen molar-refractivity contribution in [3.8, 4) is 5.69 Å². The molecular weight excluding hydrogens is 478 g/mol. The van der Waals surface area contributed by atoms with Crippen LogP contribution in [0.4, 0.5) is 11.4 Å². The highest BCUT2D eigenvalue weighted by atomic mass is 32.1. The third-order valence-corrected chi connectivity index (χ3v) is 7.27. The molecule has 2 N–H and O–H groups in total. The summed E-state index contributed by atoms with van der Waals surface area (Å²) in [5.74, 6) is -0.0990. The van der Waals surface area contributed by atoms with Crippen molar-refractivity contribution >= 4 is 34.6 Å². The predicted octanol–water partition coefficient (Wildman–Crippen LogP) is 6.24. The van der Waals surface area contributed by atoms with Gasteiger partial charge in [-0.2, -0.15) is 0 Å². The first-order valence-electron chi connectivity index (χ1n) is 12.4. The summed E-state index contributed by atoms with van der Waals surface area (Å²) in [5, 5.41) is 7.03. The van der Waals surface area contributed by atoms with Crippen LogP contribution in [0.1, 0.15) is 52.8 Å². The average Bonchev–Trinajstić information content (AvgIpc) is 3.36. The summed E-state index contributed by atoms with van der Waals surface area (Å²) >= 11 is 5.90. The Morgan fingerprint density at radius 3 is 2.43 bits per heavy atom. The molecule has 1 fully saturated rings. The molecule has 2 aromatic carbocycles. The van der Waals surface area contributed by atoms with Crippen molar-refractivity contribution in [2.45, 2.75) is 46.7 Å². The fraction of sp³-hybridized carbons (Fsp3) is 0.233. The fourth-order valence-electron chi connectivity index (χ4n) is 5.28. The molecule has 0 aliphatic carbocycles. The fourth-order valence-corrected chi connectivity index (χ4v) is 5.62. The lowest BCUT2D eigenvalue weighted by atomic mass is 9.96. The Hall–Kier alpha value is -3.97. The molecule has 0 spiro atoms. The van der Waals surface area contributed by atoms with Gasteiger partial charge in [0.05, 0.1) is 17.8 Å². The Bertz CT molecular complexity index is 1480. The number of aromatic nitrogens is 2. The van der Waals surface area contributed by atoms with E-state index in [4.69, 9.17) is 12.2 Å². The number of carbonyl (C=O) groups is 1. The molecule has 1 amide bonds. The third-order valence-electron chi connectivity index (χ3n) is 6.96. The van der Waals surface area contributed by atoms with E-state index in [1.807, 2.05) is 48.7 Å². The maximum Gasteiger partial charge on any atom is 0.221 e. The first-order valence-corrected chi connectivity index (χ1v) is 12.8. The van der Waals surface area contributed by atoms with Gasteiger partial charge in [0.15, 0.2) is 5.11 Å². The van der Waals surface area contributed by atoms with Gasteiger partial charge < -0.3 is 20.1 Å². The van der Waals surface area contributed by atoms with Gasteiger partial charge in [0.1, 0.15) is 0 Å². The maximum atomic E-state index is 11.5. The predicted molar refractivity (Wildman–Crippen MR) is 153 cm³/mol. The number of amides is 1. The molecule has 1 aliphatic heterocycles. The molecule has 37 heavy (non-hydrogen) atoms. The van der Waals surface area contributed by atoms with Crippen molar-refractivity contribution in [1.29, 1.82) is 0 Å². The van der Waals surface area contributed by atoms with Gasteiger partial charge in [0.2, 0.25) is 5.91 Å². The van der Waals surface area contributed by atoms with E-state index in [0.29, 0.717) is 5.11 Å². The molecule has 1 saturated heterocycles. The molecule has 4 aromatic rings. The van der Waals surface area contributed by atoms with Crippen LogP contribution in [0.25, 0.3) is 5.69 Å². The van der Waals surface area contributed by atoms with Gasteiger partial charge in [-0.05, 0) is 105 Å². The summed E-state index contributed by atoms with van der Waals surface area (Å²) in [6.07, 6.45) is 1.82. The van der Waals surface area contributed by atoms with E-state index in [-0.39, 0.29) is 18.0 Å². The van der Waals surface area contributed by atoms with Crippen LogP contribution in [0, 0.1) is 27.7 Å². The summed E-state index contributed by atoms with van der Waals surface area (Å²) in [6, 6.07) is 22.4. The topological polar surface area (TPSA) is 62.2 Å². The van der Waals surface area contributed by atoms with Gasteiger partial charge >= 0.3 is 0 Å². The van der Waals surface area contributed by atoms with Crippen LogP contribution in [0.2, 0.25) is 0 Å². The number of nitrogens with one attached hydrogen (secondary N) is 2. The number of anilines is 2. The van der Waals surface area contributed by atoms with E-state index in [2.05, 4.69) is 77.0 Å². The Labute approximate surface area is 223 Å². The van der Waals surface area contributed by atoms with E-state index < -0.39 is 0 Å². The highest BCUT2D eigenvalue weighted by Gasteiger charge is 2.42. The maximum absolute atomic E-state index is 11.5. The standard InChI is InChI=1S/C30H31N5OS/c1-18-9-10-19(2)27(16-18)34-20(3)17-25(21(34)4)29-28(26-8-6-7-15-31-26)33-30(37)35(29)24-13-11-23(12-14-24)32-22(5)36/h6-17,28-29H,1-5H3,(H,32,36)(H,33,37)/t28-,29+/m1/s1. The van der Waals surface area contributed by atoms with Crippen LogP contribution >= 0.6 is 12.2 Å². The van der Waals surface area contributed by atoms with Crippen LogP contribution in [0.3, 0.4) is 0 Å². The van der Waals surface area contributed by atoms with Gasteiger partial charge in [-0.1, -0.05) is 18.2 Å². The van der Waals surface area contributed by atoms with Gasteiger partial charge in [-0.3, -0.25) is 9.78 Å². The summed E-state index contributed by atoms with van der Waals surface area (Å²) in [7, 11) is 0. The zero-order valence-electron chi connectivity index (χ0n) is 21.7. The summed E-state index contributed by atoms with van der Waals surface area (Å²) in [5.41, 5.74) is 9.80. The number of hydrogen-bond donors (Lipinski definition) is 2. The highest BCUT2D eigenvalue weighted by Crippen LogP contribution is 2.44. The van der Waals surface area contributed by atoms with Gasteiger partial charge in [0.25, 0.3) is 0 Å². The van der Waals surface area contributed by atoms with Gasteiger partial charge in [0, 0.05) is 41.6 Å².